The van der Waals surface area contributed by atoms with Crippen LogP contribution in [0.15, 0.2) is 30.5 Å². The van der Waals surface area contributed by atoms with Crippen molar-refractivity contribution in [1.82, 2.24) is 15.0 Å². The van der Waals surface area contributed by atoms with E-state index in [9.17, 15) is 0 Å². The van der Waals surface area contributed by atoms with Crippen LogP contribution in [0.5, 0.6) is 0 Å². The summed E-state index contributed by atoms with van der Waals surface area (Å²) in [5.41, 5.74) is 3.08. The zero-order valence-electron chi connectivity index (χ0n) is 8.59. The molecule has 78 valence electrons. The number of aromatic nitrogens is 3. The van der Waals surface area contributed by atoms with Gasteiger partial charge in [-0.15, -0.1) is 5.10 Å². The van der Waals surface area contributed by atoms with Gasteiger partial charge in [0.15, 0.2) is 0 Å². The maximum Gasteiger partial charge on any atom is 0.0730 e. The van der Waals surface area contributed by atoms with Gasteiger partial charge < -0.3 is 5.11 Å². The van der Waals surface area contributed by atoms with Gasteiger partial charge in [-0.25, -0.2) is 4.68 Å². The van der Waals surface area contributed by atoms with Gasteiger partial charge in [0.1, 0.15) is 0 Å². The van der Waals surface area contributed by atoms with Crippen LogP contribution < -0.4 is 0 Å². The molecule has 0 saturated heterocycles. The van der Waals surface area contributed by atoms with Crippen molar-refractivity contribution >= 4 is 0 Å². The first-order valence-corrected chi connectivity index (χ1v) is 4.89. The lowest BCUT2D eigenvalue weighted by atomic mass is 10.2. The standard InChI is InChI=1S/C11H13N3O/c1-9-3-2-4-10(7-9)14-11(5-6-15)8-12-13-14/h2-4,7-8,15H,5-6H2,1H3. The van der Waals surface area contributed by atoms with E-state index in [-0.39, 0.29) is 6.61 Å². The predicted molar refractivity (Wildman–Crippen MR) is 56.9 cm³/mol. The van der Waals surface area contributed by atoms with Crippen LogP contribution in [0.3, 0.4) is 0 Å². The van der Waals surface area contributed by atoms with Crippen LogP contribution in [0.4, 0.5) is 0 Å². The largest absolute Gasteiger partial charge is 0.396 e. The van der Waals surface area contributed by atoms with E-state index >= 15 is 0 Å². The number of aliphatic hydroxyl groups excluding tert-OH is 1. The molecule has 0 aliphatic carbocycles. The van der Waals surface area contributed by atoms with Crippen molar-refractivity contribution < 1.29 is 5.11 Å². The summed E-state index contributed by atoms with van der Waals surface area (Å²) >= 11 is 0. The third-order valence-corrected chi connectivity index (χ3v) is 2.23. The molecule has 0 unspecified atom stereocenters. The smallest absolute Gasteiger partial charge is 0.0730 e. The monoisotopic (exact) mass is 203 g/mol. The van der Waals surface area contributed by atoms with E-state index < -0.39 is 0 Å². The summed E-state index contributed by atoms with van der Waals surface area (Å²) in [4.78, 5) is 0. The van der Waals surface area contributed by atoms with E-state index in [1.807, 2.05) is 31.2 Å². The molecule has 0 radical (unpaired) electrons. The van der Waals surface area contributed by atoms with Gasteiger partial charge in [-0.3, -0.25) is 0 Å². The Kier molecular flexibility index (Phi) is 2.78. The Hall–Kier alpha value is -1.68. The SMILES string of the molecule is Cc1cccc(-n2nncc2CCO)c1. The van der Waals surface area contributed by atoms with Crippen molar-refractivity contribution in [1.29, 1.82) is 0 Å². The number of hydrogen-bond donors (Lipinski definition) is 1. The second-order valence-corrected chi connectivity index (χ2v) is 3.45. The predicted octanol–water partition coefficient (Wildman–Crippen LogP) is 1.11. The Labute approximate surface area is 88.2 Å². The summed E-state index contributed by atoms with van der Waals surface area (Å²) in [6, 6.07) is 8.03. The Morgan fingerprint density at radius 1 is 1.40 bits per heavy atom. The van der Waals surface area contributed by atoms with Crippen LogP contribution >= 0.6 is 0 Å². The van der Waals surface area contributed by atoms with Crippen LogP contribution in [-0.4, -0.2) is 26.7 Å². The number of aliphatic hydroxyl groups is 1. The molecule has 0 atom stereocenters. The maximum atomic E-state index is 8.90. The molecular weight excluding hydrogens is 190 g/mol. The van der Waals surface area contributed by atoms with E-state index in [1.54, 1.807) is 10.9 Å². The Balaban J connectivity index is 2.40. The Morgan fingerprint density at radius 2 is 2.27 bits per heavy atom. The van der Waals surface area contributed by atoms with Gasteiger partial charge in [-0.05, 0) is 24.6 Å². The molecule has 1 aromatic carbocycles. The van der Waals surface area contributed by atoms with Crippen LogP contribution in [-0.2, 0) is 6.42 Å². The molecule has 0 aliphatic rings. The molecule has 0 spiro atoms. The molecule has 2 aromatic rings. The molecular formula is C11H13N3O. The fraction of sp³-hybridized carbons (Fsp3) is 0.273. The molecule has 4 nitrogen and oxygen atoms in total. The van der Waals surface area contributed by atoms with Crippen molar-refractivity contribution in [2.75, 3.05) is 6.61 Å². The van der Waals surface area contributed by atoms with E-state index in [4.69, 9.17) is 5.11 Å². The van der Waals surface area contributed by atoms with Gasteiger partial charge in [0.2, 0.25) is 0 Å². The van der Waals surface area contributed by atoms with Crippen molar-refractivity contribution in [2.45, 2.75) is 13.3 Å². The second-order valence-electron chi connectivity index (χ2n) is 3.45. The minimum absolute atomic E-state index is 0.110. The van der Waals surface area contributed by atoms with E-state index in [0.717, 1.165) is 11.4 Å². The van der Waals surface area contributed by atoms with Crippen LogP contribution in [0.2, 0.25) is 0 Å². The molecule has 2 rings (SSSR count). The zero-order chi connectivity index (χ0) is 10.7. The number of hydrogen-bond acceptors (Lipinski definition) is 3. The average molecular weight is 203 g/mol. The molecule has 0 saturated carbocycles. The van der Waals surface area contributed by atoms with Gasteiger partial charge >= 0.3 is 0 Å². The Bertz CT molecular complexity index is 451. The van der Waals surface area contributed by atoms with Crippen LogP contribution in [0.25, 0.3) is 5.69 Å². The minimum atomic E-state index is 0.110. The normalized spacial score (nSPS) is 10.5. The van der Waals surface area contributed by atoms with Gasteiger partial charge in [0.05, 0.1) is 17.6 Å². The van der Waals surface area contributed by atoms with E-state index in [2.05, 4.69) is 10.3 Å². The Morgan fingerprint density at radius 3 is 3.00 bits per heavy atom. The summed E-state index contributed by atoms with van der Waals surface area (Å²) in [6.07, 6.45) is 2.25. The van der Waals surface area contributed by atoms with E-state index in [1.165, 1.54) is 5.56 Å². The summed E-state index contributed by atoms with van der Waals surface area (Å²) in [6.45, 7) is 2.14. The first-order chi connectivity index (χ1) is 7.31. The maximum absolute atomic E-state index is 8.90. The van der Waals surface area contributed by atoms with E-state index in [0.29, 0.717) is 6.42 Å². The minimum Gasteiger partial charge on any atom is -0.396 e. The molecule has 1 aromatic heterocycles. The topological polar surface area (TPSA) is 50.9 Å². The summed E-state index contributed by atoms with van der Waals surface area (Å²) in [5.74, 6) is 0. The summed E-state index contributed by atoms with van der Waals surface area (Å²) in [7, 11) is 0. The van der Waals surface area contributed by atoms with Gasteiger partial charge in [-0.2, -0.15) is 0 Å². The number of rotatable bonds is 3. The first-order valence-electron chi connectivity index (χ1n) is 4.89. The van der Waals surface area contributed by atoms with Crippen molar-refractivity contribution in [3.05, 3.63) is 41.7 Å². The van der Waals surface area contributed by atoms with Crippen molar-refractivity contribution in [3.63, 3.8) is 0 Å². The van der Waals surface area contributed by atoms with Gasteiger partial charge in [-0.1, -0.05) is 17.3 Å². The third kappa shape index (κ3) is 2.05. The highest BCUT2D eigenvalue weighted by Crippen LogP contribution is 2.11. The third-order valence-electron chi connectivity index (χ3n) is 2.23. The molecule has 0 bridgehead atoms. The zero-order valence-corrected chi connectivity index (χ0v) is 8.59. The van der Waals surface area contributed by atoms with Crippen molar-refractivity contribution in [3.8, 4) is 5.69 Å². The lowest BCUT2D eigenvalue weighted by molar-refractivity contribution is 0.297. The first kappa shape index (κ1) is 9.86. The van der Waals surface area contributed by atoms with Crippen LogP contribution in [0, 0.1) is 6.92 Å². The summed E-state index contributed by atoms with van der Waals surface area (Å²) in [5, 5.41) is 16.7. The lowest BCUT2D eigenvalue weighted by Crippen LogP contribution is -2.04. The fourth-order valence-corrected chi connectivity index (χ4v) is 1.52. The van der Waals surface area contributed by atoms with Gasteiger partial charge in [0.25, 0.3) is 0 Å². The average Bonchev–Trinajstić information content (AvgIpc) is 2.66. The molecule has 15 heavy (non-hydrogen) atoms. The summed E-state index contributed by atoms with van der Waals surface area (Å²) < 4.78 is 1.75. The number of nitrogens with zero attached hydrogens (tertiary/aromatic N) is 3. The van der Waals surface area contributed by atoms with Crippen LogP contribution in [0.1, 0.15) is 11.3 Å². The number of benzene rings is 1. The molecule has 1 N–H and O–H groups in total. The second kappa shape index (κ2) is 4.23. The number of aryl methyl sites for hydroxylation is 1. The highest BCUT2D eigenvalue weighted by molar-refractivity contribution is 5.35. The van der Waals surface area contributed by atoms with Crippen molar-refractivity contribution in [2.24, 2.45) is 0 Å². The molecule has 0 amide bonds. The highest BCUT2D eigenvalue weighted by atomic mass is 16.3. The lowest BCUT2D eigenvalue weighted by Gasteiger charge is -2.05. The molecule has 0 fully saturated rings. The fourth-order valence-electron chi connectivity index (χ4n) is 1.52. The molecule has 1 heterocycles. The molecule has 4 heteroatoms. The highest BCUT2D eigenvalue weighted by Gasteiger charge is 2.05. The molecule has 0 aliphatic heterocycles. The van der Waals surface area contributed by atoms with Gasteiger partial charge in [0, 0.05) is 13.0 Å². The quantitative estimate of drug-likeness (QED) is 0.813.